The number of piperidine rings is 1. The third-order valence-electron chi connectivity index (χ3n) is 5.15. The minimum absolute atomic E-state index is 0.132. The number of carbonyl (C=O) groups excluding carboxylic acids is 1. The van der Waals surface area contributed by atoms with Crippen molar-refractivity contribution >= 4 is 16.8 Å². The first kappa shape index (κ1) is 16.6. The van der Waals surface area contributed by atoms with Gasteiger partial charge >= 0.3 is 0 Å². The molecule has 0 radical (unpaired) electrons. The van der Waals surface area contributed by atoms with E-state index in [1.54, 1.807) is 12.4 Å². The Balaban J connectivity index is 1.28. The number of hydrogen-bond donors (Lipinski definition) is 1. The Bertz CT molecular complexity index is 867. The molecule has 3 heterocycles. The number of aromatic nitrogens is 2. The molecule has 0 saturated carbocycles. The fraction of sp³-hybridized carbons (Fsp3) is 0.333. The van der Waals surface area contributed by atoms with Gasteiger partial charge in [-0.05, 0) is 43.4 Å². The minimum atomic E-state index is 0.132. The number of benzene rings is 1. The van der Waals surface area contributed by atoms with E-state index in [-0.39, 0.29) is 5.91 Å². The van der Waals surface area contributed by atoms with Crippen LogP contribution in [0.5, 0.6) is 5.75 Å². The highest BCUT2D eigenvalue weighted by Gasteiger charge is 2.25. The smallest absolute Gasteiger partial charge is 0.256 e. The van der Waals surface area contributed by atoms with E-state index in [0.717, 1.165) is 54.6 Å². The third kappa shape index (κ3) is 3.57. The molecular weight excluding hydrogens is 326 g/mol. The highest BCUT2D eigenvalue weighted by molar-refractivity contribution is 6.06. The molecule has 1 aliphatic rings. The number of aromatic amines is 1. The van der Waals surface area contributed by atoms with Gasteiger partial charge in [-0.15, -0.1) is 0 Å². The van der Waals surface area contributed by atoms with Gasteiger partial charge in [-0.2, -0.15) is 0 Å². The number of ether oxygens (including phenoxy) is 1. The summed E-state index contributed by atoms with van der Waals surface area (Å²) in [6.07, 6.45) is 8.40. The van der Waals surface area contributed by atoms with Crippen molar-refractivity contribution in [3.05, 3.63) is 60.6 Å². The second-order valence-corrected chi connectivity index (χ2v) is 6.81. The molecule has 1 aliphatic heterocycles. The average molecular weight is 349 g/mol. The van der Waals surface area contributed by atoms with Crippen LogP contribution < -0.4 is 4.74 Å². The van der Waals surface area contributed by atoms with Gasteiger partial charge in [-0.1, -0.05) is 18.2 Å². The lowest BCUT2D eigenvalue weighted by molar-refractivity contribution is 0.0682. The van der Waals surface area contributed by atoms with Crippen LogP contribution in [0.15, 0.2) is 55.0 Å². The SMILES string of the molecule is O=C(c1c[nH]c2ccccc12)N1CCC(CCOc2cccnc2)CC1. The predicted molar refractivity (Wildman–Crippen MR) is 101 cm³/mol. The van der Waals surface area contributed by atoms with Gasteiger partial charge in [0, 0.05) is 36.4 Å². The van der Waals surface area contributed by atoms with Gasteiger partial charge in [-0.25, -0.2) is 0 Å². The molecule has 4 rings (SSSR count). The normalized spacial score (nSPS) is 15.3. The molecule has 3 aromatic rings. The highest BCUT2D eigenvalue weighted by Crippen LogP contribution is 2.25. The van der Waals surface area contributed by atoms with E-state index in [2.05, 4.69) is 9.97 Å². The second kappa shape index (κ2) is 7.60. The first-order valence-electron chi connectivity index (χ1n) is 9.19. The Hall–Kier alpha value is -2.82. The molecule has 1 N–H and O–H groups in total. The number of H-pyrrole nitrogens is 1. The topological polar surface area (TPSA) is 58.2 Å². The van der Waals surface area contributed by atoms with E-state index in [4.69, 9.17) is 4.74 Å². The number of nitrogens with zero attached hydrogens (tertiary/aromatic N) is 2. The van der Waals surface area contributed by atoms with Crippen LogP contribution in [0.25, 0.3) is 10.9 Å². The van der Waals surface area contributed by atoms with Crippen LogP contribution in [0.2, 0.25) is 0 Å². The van der Waals surface area contributed by atoms with Crippen LogP contribution in [0.3, 0.4) is 0 Å². The predicted octanol–water partition coefficient (Wildman–Crippen LogP) is 3.88. The van der Waals surface area contributed by atoms with Crippen molar-refractivity contribution in [2.24, 2.45) is 5.92 Å². The molecule has 1 saturated heterocycles. The summed E-state index contributed by atoms with van der Waals surface area (Å²) in [4.78, 5) is 22.1. The maximum atomic E-state index is 12.9. The van der Waals surface area contributed by atoms with Crippen molar-refractivity contribution in [3.8, 4) is 5.75 Å². The van der Waals surface area contributed by atoms with E-state index in [0.29, 0.717) is 12.5 Å². The summed E-state index contributed by atoms with van der Waals surface area (Å²) in [5, 5.41) is 1.00. The molecule has 134 valence electrons. The Labute approximate surface area is 153 Å². The summed E-state index contributed by atoms with van der Waals surface area (Å²) in [6, 6.07) is 11.8. The first-order valence-corrected chi connectivity index (χ1v) is 9.19. The van der Waals surface area contributed by atoms with Gasteiger partial charge in [0.15, 0.2) is 0 Å². The van der Waals surface area contributed by atoms with Crippen LogP contribution in [0, 0.1) is 5.92 Å². The molecule has 5 nitrogen and oxygen atoms in total. The molecule has 0 aliphatic carbocycles. The van der Waals surface area contributed by atoms with Crippen molar-refractivity contribution in [1.29, 1.82) is 0 Å². The number of para-hydroxylation sites is 1. The standard InChI is InChI=1S/C21H23N3O2/c25-21(19-15-23-20-6-2-1-5-18(19)20)24-11-7-16(8-12-24)9-13-26-17-4-3-10-22-14-17/h1-6,10,14-16,23H,7-9,11-13H2. The molecule has 0 bridgehead atoms. The van der Waals surface area contributed by atoms with Crippen LogP contribution >= 0.6 is 0 Å². The minimum Gasteiger partial charge on any atom is -0.492 e. The number of likely N-dealkylation sites (tertiary alicyclic amines) is 1. The number of hydrogen-bond acceptors (Lipinski definition) is 3. The summed E-state index contributed by atoms with van der Waals surface area (Å²) >= 11 is 0. The summed E-state index contributed by atoms with van der Waals surface area (Å²) in [5.41, 5.74) is 1.79. The number of amides is 1. The fourth-order valence-corrected chi connectivity index (χ4v) is 3.62. The quantitative estimate of drug-likeness (QED) is 0.760. The summed E-state index contributed by atoms with van der Waals surface area (Å²) in [7, 11) is 0. The van der Waals surface area contributed by atoms with Crippen LogP contribution in [-0.4, -0.2) is 40.5 Å². The summed E-state index contributed by atoms with van der Waals surface area (Å²) < 4.78 is 5.74. The molecule has 2 aromatic heterocycles. The van der Waals surface area contributed by atoms with Crippen LogP contribution in [0.4, 0.5) is 0 Å². The van der Waals surface area contributed by atoms with E-state index in [1.165, 1.54) is 0 Å². The number of fused-ring (bicyclic) bond motifs is 1. The van der Waals surface area contributed by atoms with Gasteiger partial charge in [-0.3, -0.25) is 9.78 Å². The Kier molecular flexibility index (Phi) is 4.86. The molecule has 0 unspecified atom stereocenters. The third-order valence-corrected chi connectivity index (χ3v) is 5.15. The van der Waals surface area contributed by atoms with Crippen molar-refractivity contribution < 1.29 is 9.53 Å². The first-order chi connectivity index (χ1) is 12.8. The number of pyridine rings is 1. The highest BCUT2D eigenvalue weighted by atomic mass is 16.5. The van der Waals surface area contributed by atoms with Gasteiger partial charge in [0.05, 0.1) is 18.4 Å². The lowest BCUT2D eigenvalue weighted by Crippen LogP contribution is -2.38. The van der Waals surface area contributed by atoms with Gasteiger partial charge in [0.1, 0.15) is 5.75 Å². The van der Waals surface area contributed by atoms with Gasteiger partial charge < -0.3 is 14.6 Å². The van der Waals surface area contributed by atoms with Crippen molar-refractivity contribution in [2.75, 3.05) is 19.7 Å². The van der Waals surface area contributed by atoms with Crippen LogP contribution in [-0.2, 0) is 0 Å². The van der Waals surface area contributed by atoms with Crippen molar-refractivity contribution in [3.63, 3.8) is 0 Å². The zero-order valence-electron chi connectivity index (χ0n) is 14.7. The average Bonchev–Trinajstić information content (AvgIpc) is 3.13. The zero-order chi connectivity index (χ0) is 17.8. The van der Waals surface area contributed by atoms with Crippen molar-refractivity contribution in [1.82, 2.24) is 14.9 Å². The number of carbonyl (C=O) groups is 1. The molecule has 26 heavy (non-hydrogen) atoms. The molecule has 1 amide bonds. The molecular formula is C21H23N3O2. The lowest BCUT2D eigenvalue weighted by atomic mass is 9.93. The Morgan fingerprint density at radius 3 is 2.85 bits per heavy atom. The molecule has 0 atom stereocenters. The molecule has 1 aromatic carbocycles. The second-order valence-electron chi connectivity index (χ2n) is 6.81. The van der Waals surface area contributed by atoms with E-state index >= 15 is 0 Å². The molecule has 1 fully saturated rings. The maximum Gasteiger partial charge on any atom is 0.256 e. The van der Waals surface area contributed by atoms with E-state index < -0.39 is 0 Å². The largest absolute Gasteiger partial charge is 0.492 e. The number of nitrogens with one attached hydrogen (secondary N) is 1. The monoisotopic (exact) mass is 349 g/mol. The van der Waals surface area contributed by atoms with Crippen LogP contribution in [0.1, 0.15) is 29.6 Å². The maximum absolute atomic E-state index is 12.9. The van der Waals surface area contributed by atoms with E-state index in [1.807, 2.05) is 47.5 Å². The molecule has 0 spiro atoms. The number of rotatable bonds is 5. The molecule has 5 heteroatoms. The van der Waals surface area contributed by atoms with Gasteiger partial charge in [0.2, 0.25) is 0 Å². The van der Waals surface area contributed by atoms with Crippen molar-refractivity contribution in [2.45, 2.75) is 19.3 Å². The Morgan fingerprint density at radius 1 is 1.19 bits per heavy atom. The Morgan fingerprint density at radius 2 is 2.04 bits per heavy atom. The van der Waals surface area contributed by atoms with E-state index in [9.17, 15) is 4.79 Å². The fourth-order valence-electron chi connectivity index (χ4n) is 3.62. The summed E-state index contributed by atoms with van der Waals surface area (Å²) in [5.74, 6) is 1.56. The van der Waals surface area contributed by atoms with Gasteiger partial charge in [0.25, 0.3) is 5.91 Å². The summed E-state index contributed by atoms with van der Waals surface area (Å²) in [6.45, 7) is 2.33. The lowest BCUT2D eigenvalue weighted by Gasteiger charge is -2.32. The zero-order valence-corrected chi connectivity index (χ0v) is 14.7.